The molecule has 0 radical (unpaired) electrons. The van der Waals surface area contributed by atoms with Crippen LogP contribution in [-0.2, 0) is 26.2 Å². The lowest BCUT2D eigenvalue weighted by Crippen LogP contribution is -2.54. The number of benzene rings is 3. The Hall–Kier alpha value is -3.07. The maximum absolute atomic E-state index is 14.1. The number of sulfonamides is 1. The molecule has 0 bridgehead atoms. The Kier molecular flexibility index (Phi) is 9.93. The molecular weight excluding hydrogens is 569 g/mol. The highest BCUT2D eigenvalue weighted by atomic mass is 35.5. The zero-order valence-corrected chi connectivity index (χ0v) is 25.9. The van der Waals surface area contributed by atoms with E-state index in [0.717, 1.165) is 9.87 Å². The Bertz CT molecular complexity index is 1470. The van der Waals surface area contributed by atoms with E-state index in [-0.39, 0.29) is 11.4 Å². The number of aryl methyl sites for hydroxylation is 1. The standard InChI is InChI=1S/C30H35Cl2N3O4S/c1-20-12-10-17-27(21(20)2)35(40(38,39)23-13-8-7-9-14-23)19-28(36)34(22(3)29(37)33-30(4,5)6)18-24-25(31)15-11-16-26(24)32/h7-17,22H,18-19H2,1-6H3,(H,33,37)/t22-/m0/s1. The highest BCUT2D eigenvalue weighted by Gasteiger charge is 2.34. The maximum Gasteiger partial charge on any atom is 0.264 e. The number of anilines is 1. The van der Waals surface area contributed by atoms with Crippen molar-refractivity contribution >= 4 is 50.7 Å². The summed E-state index contributed by atoms with van der Waals surface area (Å²) in [6.45, 7) is 10.1. The molecule has 7 nitrogen and oxygen atoms in total. The average molecular weight is 605 g/mol. The van der Waals surface area contributed by atoms with Crippen molar-refractivity contribution in [2.45, 2.75) is 64.6 Å². The molecule has 214 valence electrons. The van der Waals surface area contributed by atoms with E-state index in [1.807, 2.05) is 40.7 Å². The summed E-state index contributed by atoms with van der Waals surface area (Å²) in [6, 6.07) is 17.2. The highest BCUT2D eigenvalue weighted by molar-refractivity contribution is 7.92. The second kappa shape index (κ2) is 12.6. The van der Waals surface area contributed by atoms with Crippen LogP contribution in [0.2, 0.25) is 10.0 Å². The Balaban J connectivity index is 2.11. The lowest BCUT2D eigenvalue weighted by Gasteiger charge is -2.34. The van der Waals surface area contributed by atoms with Crippen LogP contribution >= 0.6 is 23.2 Å². The molecule has 0 aliphatic carbocycles. The summed E-state index contributed by atoms with van der Waals surface area (Å²) in [4.78, 5) is 28.7. The summed E-state index contributed by atoms with van der Waals surface area (Å²) < 4.78 is 29.0. The summed E-state index contributed by atoms with van der Waals surface area (Å²) >= 11 is 12.9. The van der Waals surface area contributed by atoms with Gasteiger partial charge in [-0.25, -0.2) is 8.42 Å². The number of hydrogen-bond acceptors (Lipinski definition) is 4. The van der Waals surface area contributed by atoms with Gasteiger partial charge in [0.25, 0.3) is 10.0 Å². The third-order valence-electron chi connectivity index (χ3n) is 6.51. The number of nitrogens with zero attached hydrogens (tertiary/aromatic N) is 2. The van der Waals surface area contributed by atoms with Crippen LogP contribution in [0.3, 0.4) is 0 Å². The molecule has 1 atom stereocenters. The third kappa shape index (κ3) is 7.36. The normalized spacial score (nSPS) is 12.5. The van der Waals surface area contributed by atoms with Crippen LogP contribution in [0.5, 0.6) is 0 Å². The maximum atomic E-state index is 14.1. The van der Waals surface area contributed by atoms with Crippen molar-refractivity contribution in [1.29, 1.82) is 0 Å². The number of hydrogen-bond donors (Lipinski definition) is 1. The minimum atomic E-state index is -4.15. The SMILES string of the molecule is Cc1cccc(N(CC(=O)N(Cc2c(Cl)cccc2Cl)[C@@H](C)C(=O)NC(C)(C)C)S(=O)(=O)c2ccccc2)c1C. The largest absolute Gasteiger partial charge is 0.350 e. The van der Waals surface area contributed by atoms with E-state index in [4.69, 9.17) is 23.2 Å². The van der Waals surface area contributed by atoms with Gasteiger partial charge in [-0.05, 0) is 83.0 Å². The highest BCUT2D eigenvalue weighted by Crippen LogP contribution is 2.30. The van der Waals surface area contributed by atoms with E-state index in [9.17, 15) is 18.0 Å². The third-order valence-corrected chi connectivity index (χ3v) is 8.99. The summed E-state index contributed by atoms with van der Waals surface area (Å²) in [6.07, 6.45) is 0. The van der Waals surface area contributed by atoms with Gasteiger partial charge >= 0.3 is 0 Å². The average Bonchev–Trinajstić information content (AvgIpc) is 2.88. The van der Waals surface area contributed by atoms with Gasteiger partial charge < -0.3 is 10.2 Å². The lowest BCUT2D eigenvalue weighted by atomic mass is 10.1. The molecule has 2 amide bonds. The van der Waals surface area contributed by atoms with Crippen LogP contribution in [0.1, 0.15) is 44.4 Å². The molecule has 0 unspecified atom stereocenters. The summed E-state index contributed by atoms with van der Waals surface area (Å²) in [5.41, 5.74) is 1.87. The minimum absolute atomic E-state index is 0.0444. The van der Waals surface area contributed by atoms with Gasteiger partial charge in [-0.1, -0.05) is 59.6 Å². The fraction of sp³-hybridized carbons (Fsp3) is 0.333. The van der Waals surface area contributed by atoms with E-state index < -0.39 is 40.0 Å². The van der Waals surface area contributed by atoms with Crippen LogP contribution in [0.4, 0.5) is 5.69 Å². The van der Waals surface area contributed by atoms with Gasteiger partial charge in [0.1, 0.15) is 12.6 Å². The first-order valence-corrected chi connectivity index (χ1v) is 15.0. The van der Waals surface area contributed by atoms with Crippen molar-refractivity contribution in [3.8, 4) is 0 Å². The second-order valence-electron chi connectivity index (χ2n) is 10.7. The van der Waals surface area contributed by atoms with Crippen molar-refractivity contribution < 1.29 is 18.0 Å². The van der Waals surface area contributed by atoms with Gasteiger partial charge in [-0.3, -0.25) is 13.9 Å². The van der Waals surface area contributed by atoms with Crippen LogP contribution in [0.15, 0.2) is 71.6 Å². The quantitative estimate of drug-likeness (QED) is 0.318. The molecule has 0 heterocycles. The molecule has 0 aliphatic heterocycles. The first-order valence-electron chi connectivity index (χ1n) is 12.8. The van der Waals surface area contributed by atoms with Gasteiger partial charge in [0, 0.05) is 27.7 Å². The molecule has 40 heavy (non-hydrogen) atoms. The van der Waals surface area contributed by atoms with Crippen molar-refractivity contribution in [2.24, 2.45) is 0 Å². The predicted octanol–water partition coefficient (Wildman–Crippen LogP) is 6.14. The Morgan fingerprint density at radius 3 is 2.05 bits per heavy atom. The molecule has 0 saturated carbocycles. The lowest BCUT2D eigenvalue weighted by molar-refractivity contribution is -0.140. The van der Waals surface area contributed by atoms with Crippen molar-refractivity contribution in [3.63, 3.8) is 0 Å². The van der Waals surface area contributed by atoms with E-state index in [1.165, 1.54) is 17.0 Å². The molecule has 0 fully saturated rings. The molecule has 0 saturated heterocycles. The van der Waals surface area contributed by atoms with E-state index in [2.05, 4.69) is 5.32 Å². The number of nitrogens with one attached hydrogen (secondary N) is 1. The molecule has 0 aliphatic rings. The smallest absolute Gasteiger partial charge is 0.264 e. The van der Waals surface area contributed by atoms with Crippen LogP contribution in [-0.4, -0.2) is 43.3 Å². The van der Waals surface area contributed by atoms with Crippen molar-refractivity contribution in [3.05, 3.63) is 93.5 Å². The zero-order valence-electron chi connectivity index (χ0n) is 23.5. The first-order chi connectivity index (χ1) is 18.6. The predicted molar refractivity (Wildman–Crippen MR) is 161 cm³/mol. The van der Waals surface area contributed by atoms with Gasteiger partial charge in [0.2, 0.25) is 11.8 Å². The molecular formula is C30H35Cl2N3O4S. The van der Waals surface area contributed by atoms with Gasteiger partial charge in [0.15, 0.2) is 0 Å². The molecule has 0 spiro atoms. The number of amides is 2. The van der Waals surface area contributed by atoms with Gasteiger partial charge in [0.05, 0.1) is 10.6 Å². The number of carbonyl (C=O) groups is 2. The number of halogens is 2. The molecule has 0 aromatic heterocycles. The van der Waals surface area contributed by atoms with Crippen LogP contribution in [0.25, 0.3) is 0 Å². The summed E-state index contributed by atoms with van der Waals surface area (Å²) in [5.74, 6) is -0.985. The Labute approximate surface area is 247 Å². The monoisotopic (exact) mass is 603 g/mol. The van der Waals surface area contributed by atoms with Gasteiger partial charge in [-0.2, -0.15) is 0 Å². The zero-order chi connectivity index (χ0) is 29.8. The second-order valence-corrected chi connectivity index (χ2v) is 13.4. The van der Waals surface area contributed by atoms with E-state index in [1.54, 1.807) is 55.5 Å². The molecule has 3 rings (SSSR count). The van der Waals surface area contributed by atoms with Crippen molar-refractivity contribution in [2.75, 3.05) is 10.8 Å². The van der Waals surface area contributed by atoms with Crippen LogP contribution < -0.4 is 9.62 Å². The van der Waals surface area contributed by atoms with Crippen LogP contribution in [0, 0.1) is 13.8 Å². The topological polar surface area (TPSA) is 86.8 Å². The Morgan fingerprint density at radius 2 is 1.48 bits per heavy atom. The molecule has 10 heteroatoms. The summed E-state index contributed by atoms with van der Waals surface area (Å²) in [7, 11) is -4.15. The summed E-state index contributed by atoms with van der Waals surface area (Å²) in [5, 5.41) is 3.56. The molecule has 1 N–H and O–H groups in total. The molecule has 3 aromatic rings. The first kappa shape index (κ1) is 31.5. The van der Waals surface area contributed by atoms with Gasteiger partial charge in [-0.15, -0.1) is 0 Å². The van der Waals surface area contributed by atoms with Crippen molar-refractivity contribution in [1.82, 2.24) is 10.2 Å². The number of carbonyl (C=O) groups excluding carboxylic acids is 2. The molecule has 3 aromatic carbocycles. The Morgan fingerprint density at radius 1 is 0.900 bits per heavy atom. The number of rotatable bonds is 9. The fourth-order valence-electron chi connectivity index (χ4n) is 4.15. The van der Waals surface area contributed by atoms with E-state index in [0.29, 0.717) is 26.9 Å². The minimum Gasteiger partial charge on any atom is -0.350 e. The fourth-order valence-corrected chi connectivity index (χ4v) is 6.16. The van der Waals surface area contributed by atoms with E-state index >= 15 is 0 Å².